The lowest BCUT2D eigenvalue weighted by Gasteiger charge is -1.90. The molecule has 0 aliphatic carbocycles. The smallest absolute Gasteiger partial charge is 0.252 e. The van der Waals surface area contributed by atoms with Gasteiger partial charge in [0.05, 0.1) is 12.4 Å². The fourth-order valence-electron chi connectivity index (χ4n) is 0.725. The predicted molar refractivity (Wildman–Crippen MR) is 35.2 cm³/mol. The highest BCUT2D eigenvalue weighted by molar-refractivity contribution is 5.34. The Morgan fingerprint density at radius 3 is 3.30 bits per heavy atom. The van der Waals surface area contributed by atoms with Gasteiger partial charge < -0.3 is 5.73 Å². The van der Waals surface area contributed by atoms with Gasteiger partial charge in [-0.05, 0) is 0 Å². The van der Waals surface area contributed by atoms with E-state index in [0.717, 1.165) is 0 Å². The molecule has 0 radical (unpaired) electrons. The quantitative estimate of drug-likeness (QED) is 0.538. The number of imidazole rings is 1. The van der Waals surface area contributed by atoms with E-state index >= 15 is 0 Å². The van der Waals surface area contributed by atoms with Gasteiger partial charge in [0.1, 0.15) is 5.82 Å². The summed E-state index contributed by atoms with van der Waals surface area (Å²) >= 11 is 0. The van der Waals surface area contributed by atoms with Crippen molar-refractivity contribution in [3.63, 3.8) is 0 Å². The van der Waals surface area contributed by atoms with Crippen LogP contribution in [0, 0.1) is 0 Å². The Balaban J connectivity index is 2.86. The van der Waals surface area contributed by atoms with Gasteiger partial charge in [0, 0.05) is 6.20 Å². The van der Waals surface area contributed by atoms with Gasteiger partial charge in [0.15, 0.2) is 0 Å². The van der Waals surface area contributed by atoms with Crippen LogP contribution in [-0.2, 0) is 0 Å². The van der Waals surface area contributed by atoms with Gasteiger partial charge in [-0.2, -0.15) is 10.1 Å². The zero-order chi connectivity index (χ0) is 6.97. The van der Waals surface area contributed by atoms with Crippen molar-refractivity contribution < 1.29 is 0 Å². The Bertz CT molecular complexity index is 352. The highest BCUT2D eigenvalue weighted by Crippen LogP contribution is 1.95. The average Bonchev–Trinajstić information content (AvgIpc) is 2.33. The molecular formula is C5H5N5. The number of fused-ring (bicyclic) bond motifs is 1. The summed E-state index contributed by atoms with van der Waals surface area (Å²) in [6, 6.07) is 0. The lowest BCUT2D eigenvalue weighted by atomic mass is 10.7. The van der Waals surface area contributed by atoms with E-state index in [-0.39, 0.29) is 0 Å². The minimum Gasteiger partial charge on any atom is -0.382 e. The van der Waals surface area contributed by atoms with E-state index in [1.165, 1.54) is 6.20 Å². The van der Waals surface area contributed by atoms with E-state index in [1.807, 2.05) is 0 Å². The Labute approximate surface area is 56.5 Å². The van der Waals surface area contributed by atoms with Crippen molar-refractivity contribution >= 4 is 11.6 Å². The third-order valence-electron chi connectivity index (χ3n) is 1.15. The summed E-state index contributed by atoms with van der Waals surface area (Å²) in [5.41, 5.74) is 5.36. The Morgan fingerprint density at radius 1 is 1.50 bits per heavy atom. The summed E-state index contributed by atoms with van der Waals surface area (Å²) in [5, 5.41) is 3.91. The van der Waals surface area contributed by atoms with Gasteiger partial charge in [0.25, 0.3) is 5.78 Å². The zero-order valence-electron chi connectivity index (χ0n) is 5.10. The van der Waals surface area contributed by atoms with E-state index in [2.05, 4.69) is 15.1 Å². The third kappa shape index (κ3) is 0.604. The van der Waals surface area contributed by atoms with Crippen molar-refractivity contribution in [1.29, 1.82) is 0 Å². The topological polar surface area (TPSA) is 69.1 Å². The first-order valence-corrected chi connectivity index (χ1v) is 2.78. The highest BCUT2D eigenvalue weighted by Gasteiger charge is 1.93. The largest absolute Gasteiger partial charge is 0.382 e. The number of hydrogen-bond donors (Lipinski definition) is 1. The Kier molecular flexibility index (Phi) is 0.858. The van der Waals surface area contributed by atoms with Crippen LogP contribution in [0.15, 0.2) is 18.6 Å². The zero-order valence-corrected chi connectivity index (χ0v) is 5.10. The summed E-state index contributed by atoms with van der Waals surface area (Å²) in [6.45, 7) is 0. The molecule has 2 heterocycles. The molecule has 2 aromatic heterocycles. The van der Waals surface area contributed by atoms with Gasteiger partial charge >= 0.3 is 0 Å². The SMILES string of the molecule is Nc1cnn2ccnc2n1. The first-order chi connectivity index (χ1) is 4.86. The molecular weight excluding hydrogens is 130 g/mol. The molecule has 0 bridgehead atoms. The van der Waals surface area contributed by atoms with E-state index in [1.54, 1.807) is 16.9 Å². The molecule has 2 N–H and O–H groups in total. The summed E-state index contributed by atoms with van der Waals surface area (Å²) in [6.07, 6.45) is 4.81. The maximum atomic E-state index is 5.36. The number of nitrogen functional groups attached to an aromatic ring is 1. The minimum absolute atomic E-state index is 0.388. The number of rotatable bonds is 0. The van der Waals surface area contributed by atoms with Gasteiger partial charge in [-0.1, -0.05) is 0 Å². The molecule has 2 aromatic rings. The molecule has 0 spiro atoms. The van der Waals surface area contributed by atoms with Gasteiger partial charge in [-0.25, -0.2) is 9.50 Å². The maximum Gasteiger partial charge on any atom is 0.252 e. The lowest BCUT2D eigenvalue weighted by Crippen LogP contribution is -1.97. The van der Waals surface area contributed by atoms with Crippen LogP contribution in [0.1, 0.15) is 0 Å². The molecule has 50 valence electrons. The van der Waals surface area contributed by atoms with Crippen LogP contribution in [0.3, 0.4) is 0 Å². The van der Waals surface area contributed by atoms with Crippen molar-refractivity contribution in [3.05, 3.63) is 18.6 Å². The fourth-order valence-corrected chi connectivity index (χ4v) is 0.725. The molecule has 5 nitrogen and oxygen atoms in total. The normalized spacial score (nSPS) is 10.4. The first-order valence-electron chi connectivity index (χ1n) is 2.78. The molecule has 10 heavy (non-hydrogen) atoms. The lowest BCUT2D eigenvalue weighted by molar-refractivity contribution is 0.907. The molecule has 0 atom stereocenters. The average molecular weight is 135 g/mol. The molecule has 0 saturated heterocycles. The van der Waals surface area contributed by atoms with Gasteiger partial charge in [-0.15, -0.1) is 0 Å². The molecule has 0 amide bonds. The molecule has 0 saturated carbocycles. The summed E-state index contributed by atoms with van der Waals surface area (Å²) in [4.78, 5) is 7.79. The standard InChI is InChI=1S/C5H5N5/c6-4-3-8-10-2-1-7-5(10)9-4/h1-3H,(H2,6,7,9). The number of nitrogens with two attached hydrogens (primary N) is 1. The number of aromatic nitrogens is 4. The van der Waals surface area contributed by atoms with E-state index < -0.39 is 0 Å². The number of hydrogen-bond acceptors (Lipinski definition) is 4. The van der Waals surface area contributed by atoms with Gasteiger partial charge in [-0.3, -0.25) is 0 Å². The Morgan fingerprint density at radius 2 is 2.40 bits per heavy atom. The molecule has 0 aliphatic rings. The second kappa shape index (κ2) is 1.66. The van der Waals surface area contributed by atoms with Crippen LogP contribution < -0.4 is 5.73 Å². The van der Waals surface area contributed by atoms with Crippen LogP contribution in [0.5, 0.6) is 0 Å². The summed E-state index contributed by atoms with van der Waals surface area (Å²) < 4.78 is 1.55. The third-order valence-corrected chi connectivity index (χ3v) is 1.15. The summed E-state index contributed by atoms with van der Waals surface area (Å²) in [7, 11) is 0. The van der Waals surface area contributed by atoms with Crippen LogP contribution in [-0.4, -0.2) is 19.6 Å². The van der Waals surface area contributed by atoms with E-state index in [0.29, 0.717) is 11.6 Å². The summed E-state index contributed by atoms with van der Waals surface area (Å²) in [5.74, 6) is 0.915. The maximum absolute atomic E-state index is 5.36. The minimum atomic E-state index is 0.388. The van der Waals surface area contributed by atoms with Crippen molar-refractivity contribution in [2.45, 2.75) is 0 Å². The van der Waals surface area contributed by atoms with Crippen LogP contribution in [0.2, 0.25) is 0 Å². The van der Waals surface area contributed by atoms with Crippen molar-refractivity contribution in [1.82, 2.24) is 19.6 Å². The molecule has 0 unspecified atom stereocenters. The molecule has 0 fully saturated rings. The molecule has 5 heteroatoms. The van der Waals surface area contributed by atoms with Crippen molar-refractivity contribution in [2.24, 2.45) is 0 Å². The van der Waals surface area contributed by atoms with Crippen molar-refractivity contribution in [2.75, 3.05) is 5.73 Å². The van der Waals surface area contributed by atoms with Crippen LogP contribution in [0.25, 0.3) is 5.78 Å². The van der Waals surface area contributed by atoms with E-state index in [9.17, 15) is 0 Å². The van der Waals surface area contributed by atoms with Crippen LogP contribution >= 0.6 is 0 Å². The van der Waals surface area contributed by atoms with E-state index in [4.69, 9.17) is 5.73 Å². The number of nitrogens with zero attached hydrogens (tertiary/aromatic N) is 4. The second-order valence-electron chi connectivity index (χ2n) is 1.85. The molecule has 2 rings (SSSR count). The predicted octanol–water partition coefficient (Wildman–Crippen LogP) is -0.294. The van der Waals surface area contributed by atoms with Crippen LogP contribution in [0.4, 0.5) is 5.82 Å². The number of anilines is 1. The van der Waals surface area contributed by atoms with Gasteiger partial charge in [0.2, 0.25) is 0 Å². The Hall–Kier alpha value is -1.65. The molecule has 0 aliphatic heterocycles. The highest BCUT2D eigenvalue weighted by atomic mass is 15.3. The fraction of sp³-hybridized carbons (Fsp3) is 0. The second-order valence-corrected chi connectivity index (χ2v) is 1.85. The first kappa shape index (κ1) is 5.16. The monoisotopic (exact) mass is 135 g/mol. The van der Waals surface area contributed by atoms with Crippen molar-refractivity contribution in [3.8, 4) is 0 Å². The molecule has 0 aromatic carbocycles.